The molecule has 0 aliphatic rings. The number of nitrogens with zero attached hydrogens (tertiary/aromatic N) is 5. The quantitative estimate of drug-likeness (QED) is 0.775. The first kappa shape index (κ1) is 15.5. The van der Waals surface area contributed by atoms with E-state index in [0.29, 0.717) is 17.8 Å². The van der Waals surface area contributed by atoms with Gasteiger partial charge < -0.3 is 15.5 Å². The van der Waals surface area contributed by atoms with Crippen molar-refractivity contribution in [2.45, 2.75) is 40.5 Å². The second-order valence-electron chi connectivity index (χ2n) is 4.40. The van der Waals surface area contributed by atoms with Gasteiger partial charge in [-0.1, -0.05) is 13.3 Å². The van der Waals surface area contributed by atoms with Gasteiger partial charge in [-0.15, -0.1) is 0 Å². The predicted molar refractivity (Wildman–Crippen MR) is 80.6 cm³/mol. The van der Waals surface area contributed by atoms with Crippen molar-refractivity contribution in [1.82, 2.24) is 15.0 Å². The molecule has 1 heterocycles. The number of unbranched alkanes of at least 4 members (excludes halogenated alkanes) is 1. The highest BCUT2D eigenvalue weighted by molar-refractivity contribution is 5.43. The third-order valence-electron chi connectivity index (χ3n) is 3.12. The van der Waals surface area contributed by atoms with Gasteiger partial charge in [0.05, 0.1) is 0 Å². The van der Waals surface area contributed by atoms with E-state index in [1.165, 1.54) is 0 Å². The number of rotatable bonds is 8. The molecule has 1 aromatic heterocycles. The van der Waals surface area contributed by atoms with E-state index in [2.05, 4.69) is 52.4 Å². The van der Waals surface area contributed by atoms with Crippen LogP contribution in [0.1, 0.15) is 40.5 Å². The molecular weight excluding hydrogens is 240 g/mol. The van der Waals surface area contributed by atoms with Gasteiger partial charge >= 0.3 is 0 Å². The van der Waals surface area contributed by atoms with E-state index < -0.39 is 0 Å². The minimum Gasteiger partial charge on any atom is -0.368 e. The molecule has 0 spiro atoms. The zero-order valence-electron chi connectivity index (χ0n) is 12.6. The summed E-state index contributed by atoms with van der Waals surface area (Å²) in [5, 5.41) is 0. The van der Waals surface area contributed by atoms with Crippen LogP contribution >= 0.6 is 0 Å². The fourth-order valence-corrected chi connectivity index (χ4v) is 1.91. The molecule has 1 rings (SSSR count). The zero-order chi connectivity index (χ0) is 14.3. The van der Waals surface area contributed by atoms with Crippen molar-refractivity contribution >= 4 is 17.8 Å². The molecule has 19 heavy (non-hydrogen) atoms. The normalized spacial score (nSPS) is 10.5. The van der Waals surface area contributed by atoms with E-state index in [1.807, 2.05) is 0 Å². The zero-order valence-corrected chi connectivity index (χ0v) is 12.6. The summed E-state index contributed by atoms with van der Waals surface area (Å²) in [6.45, 7) is 12.0. The van der Waals surface area contributed by atoms with Gasteiger partial charge in [0, 0.05) is 26.2 Å². The Morgan fingerprint density at radius 1 is 0.842 bits per heavy atom. The Labute approximate surface area is 116 Å². The maximum absolute atomic E-state index is 5.81. The Morgan fingerprint density at radius 2 is 1.37 bits per heavy atom. The van der Waals surface area contributed by atoms with Gasteiger partial charge in [0.1, 0.15) is 0 Å². The summed E-state index contributed by atoms with van der Waals surface area (Å²) in [5.74, 6) is 1.65. The van der Waals surface area contributed by atoms with Crippen LogP contribution in [0.15, 0.2) is 0 Å². The lowest BCUT2D eigenvalue weighted by Crippen LogP contribution is -2.29. The van der Waals surface area contributed by atoms with Crippen molar-refractivity contribution < 1.29 is 0 Å². The average Bonchev–Trinajstić information content (AvgIpc) is 2.40. The molecule has 0 aliphatic carbocycles. The first-order valence-corrected chi connectivity index (χ1v) is 7.17. The monoisotopic (exact) mass is 266 g/mol. The second-order valence-corrected chi connectivity index (χ2v) is 4.40. The molecule has 108 valence electrons. The molecule has 0 atom stereocenters. The summed E-state index contributed by atoms with van der Waals surface area (Å²) in [7, 11) is 0. The molecule has 0 saturated carbocycles. The summed E-state index contributed by atoms with van der Waals surface area (Å²) in [6, 6.07) is 0. The number of hydrogen-bond acceptors (Lipinski definition) is 6. The third-order valence-corrected chi connectivity index (χ3v) is 3.12. The van der Waals surface area contributed by atoms with E-state index in [9.17, 15) is 0 Å². The minimum atomic E-state index is 0.293. The Bertz CT molecular complexity index is 377. The summed E-state index contributed by atoms with van der Waals surface area (Å²) in [6.07, 6.45) is 2.28. The number of nitrogens with two attached hydrogens (primary N) is 1. The lowest BCUT2D eigenvalue weighted by molar-refractivity contribution is 0.707. The Balaban J connectivity index is 2.99. The highest BCUT2D eigenvalue weighted by Crippen LogP contribution is 2.15. The summed E-state index contributed by atoms with van der Waals surface area (Å²) in [5.41, 5.74) is 5.81. The average molecular weight is 266 g/mol. The van der Waals surface area contributed by atoms with E-state index in [1.54, 1.807) is 0 Å². The van der Waals surface area contributed by atoms with Gasteiger partial charge in [0.15, 0.2) is 0 Å². The van der Waals surface area contributed by atoms with Gasteiger partial charge in [-0.25, -0.2) is 0 Å². The first-order valence-electron chi connectivity index (χ1n) is 7.17. The lowest BCUT2D eigenvalue weighted by Gasteiger charge is -2.23. The van der Waals surface area contributed by atoms with Crippen molar-refractivity contribution in [1.29, 1.82) is 0 Å². The van der Waals surface area contributed by atoms with Crippen molar-refractivity contribution in [3.8, 4) is 0 Å². The van der Waals surface area contributed by atoms with Crippen molar-refractivity contribution in [3.63, 3.8) is 0 Å². The summed E-state index contributed by atoms with van der Waals surface area (Å²) >= 11 is 0. The predicted octanol–water partition coefficient (Wildman–Crippen LogP) is 1.93. The molecule has 1 aromatic rings. The smallest absolute Gasteiger partial charge is 0.231 e. The van der Waals surface area contributed by atoms with E-state index in [4.69, 9.17) is 5.73 Å². The first-order chi connectivity index (χ1) is 9.15. The van der Waals surface area contributed by atoms with Crippen molar-refractivity contribution in [2.75, 3.05) is 41.7 Å². The molecule has 0 unspecified atom stereocenters. The molecule has 0 bridgehead atoms. The Kier molecular flexibility index (Phi) is 6.32. The van der Waals surface area contributed by atoms with Crippen LogP contribution in [0.5, 0.6) is 0 Å². The highest BCUT2D eigenvalue weighted by atomic mass is 15.3. The van der Waals surface area contributed by atoms with Gasteiger partial charge in [-0.05, 0) is 27.2 Å². The number of nitrogen functional groups attached to an aromatic ring is 1. The highest BCUT2D eigenvalue weighted by Gasteiger charge is 2.13. The number of aromatic nitrogens is 3. The molecule has 6 heteroatoms. The van der Waals surface area contributed by atoms with Crippen LogP contribution in [0.2, 0.25) is 0 Å². The van der Waals surface area contributed by atoms with Crippen LogP contribution in [0.4, 0.5) is 17.8 Å². The molecule has 0 aliphatic heterocycles. The topological polar surface area (TPSA) is 71.2 Å². The van der Waals surface area contributed by atoms with E-state index >= 15 is 0 Å². The minimum absolute atomic E-state index is 0.293. The molecule has 2 N–H and O–H groups in total. The van der Waals surface area contributed by atoms with Crippen LogP contribution in [0, 0.1) is 0 Å². The summed E-state index contributed by atoms with van der Waals surface area (Å²) in [4.78, 5) is 17.3. The Morgan fingerprint density at radius 3 is 1.84 bits per heavy atom. The van der Waals surface area contributed by atoms with Crippen LogP contribution in [0.3, 0.4) is 0 Å². The lowest BCUT2D eigenvalue weighted by atomic mass is 10.3. The van der Waals surface area contributed by atoms with Crippen LogP contribution in [-0.4, -0.2) is 41.1 Å². The molecular formula is C13H26N6. The standard InChI is InChI=1S/C13H26N6/c1-5-9-10-19(8-4)13-16-11(14)15-12(17-13)18(6-2)7-3/h5-10H2,1-4H3,(H2,14,15,16,17). The SMILES string of the molecule is CCCCN(CC)c1nc(N)nc(N(CC)CC)n1. The van der Waals surface area contributed by atoms with Gasteiger partial charge in [0.25, 0.3) is 0 Å². The van der Waals surface area contributed by atoms with Crippen molar-refractivity contribution in [2.24, 2.45) is 0 Å². The maximum atomic E-state index is 5.81. The van der Waals surface area contributed by atoms with Gasteiger partial charge in [0.2, 0.25) is 17.8 Å². The van der Waals surface area contributed by atoms with Crippen LogP contribution < -0.4 is 15.5 Å². The molecule has 0 fully saturated rings. The summed E-state index contributed by atoms with van der Waals surface area (Å²) < 4.78 is 0. The van der Waals surface area contributed by atoms with E-state index in [-0.39, 0.29) is 0 Å². The molecule has 0 saturated heterocycles. The fourth-order valence-electron chi connectivity index (χ4n) is 1.91. The molecule has 0 amide bonds. The maximum Gasteiger partial charge on any atom is 0.231 e. The van der Waals surface area contributed by atoms with Crippen LogP contribution in [0.25, 0.3) is 0 Å². The van der Waals surface area contributed by atoms with Gasteiger partial charge in [-0.3, -0.25) is 0 Å². The fraction of sp³-hybridized carbons (Fsp3) is 0.769. The number of anilines is 3. The largest absolute Gasteiger partial charge is 0.368 e. The Hall–Kier alpha value is -1.59. The van der Waals surface area contributed by atoms with E-state index in [0.717, 1.165) is 39.0 Å². The van der Waals surface area contributed by atoms with Crippen LogP contribution in [-0.2, 0) is 0 Å². The molecule has 6 nitrogen and oxygen atoms in total. The second kappa shape index (κ2) is 7.76. The van der Waals surface area contributed by atoms with Crippen molar-refractivity contribution in [3.05, 3.63) is 0 Å². The molecule has 0 aromatic carbocycles. The number of hydrogen-bond donors (Lipinski definition) is 1. The third kappa shape index (κ3) is 4.22. The van der Waals surface area contributed by atoms with Gasteiger partial charge in [-0.2, -0.15) is 15.0 Å². The molecule has 0 radical (unpaired) electrons.